The predicted molar refractivity (Wildman–Crippen MR) is 102 cm³/mol. The van der Waals surface area contributed by atoms with Crippen LogP contribution < -0.4 is 10.6 Å². The van der Waals surface area contributed by atoms with Gasteiger partial charge in [0, 0.05) is 18.7 Å². The standard InChI is InChI=1S/C19H33N3O4/c1-7-13(5)16(14(6)20)18(24)22-17(12(3)4)19(25)21-11-9-10-15(23)26-8-2/h12,17,20H,7-11H2,1-6H3,(H,21,25)(H,22,24)/b16-13+,20-14?. The van der Waals surface area contributed by atoms with E-state index in [-0.39, 0.29) is 29.9 Å². The van der Waals surface area contributed by atoms with Crippen molar-refractivity contribution in [1.29, 1.82) is 5.41 Å². The summed E-state index contributed by atoms with van der Waals surface area (Å²) in [6.45, 7) is 11.4. The van der Waals surface area contributed by atoms with E-state index in [0.717, 1.165) is 5.57 Å². The molecule has 0 aromatic heterocycles. The topological polar surface area (TPSA) is 108 Å². The molecule has 0 fully saturated rings. The molecule has 0 bridgehead atoms. The fraction of sp³-hybridized carbons (Fsp3) is 0.684. The van der Waals surface area contributed by atoms with E-state index in [1.807, 2.05) is 27.7 Å². The quantitative estimate of drug-likeness (QED) is 0.225. The number of rotatable bonds is 11. The minimum absolute atomic E-state index is 0.113. The molecule has 3 N–H and O–H groups in total. The zero-order valence-electron chi connectivity index (χ0n) is 16.8. The van der Waals surface area contributed by atoms with Crippen LogP contribution in [0.4, 0.5) is 0 Å². The highest BCUT2D eigenvalue weighted by molar-refractivity contribution is 6.20. The van der Waals surface area contributed by atoms with Crippen LogP contribution in [0.1, 0.15) is 60.8 Å². The van der Waals surface area contributed by atoms with Crippen molar-refractivity contribution >= 4 is 23.5 Å². The fourth-order valence-corrected chi connectivity index (χ4v) is 2.40. The second kappa shape index (κ2) is 12.2. The van der Waals surface area contributed by atoms with Crippen molar-refractivity contribution in [3.8, 4) is 0 Å². The molecule has 7 nitrogen and oxygen atoms in total. The lowest BCUT2D eigenvalue weighted by molar-refractivity contribution is -0.143. The van der Waals surface area contributed by atoms with E-state index in [0.29, 0.717) is 31.6 Å². The summed E-state index contributed by atoms with van der Waals surface area (Å²) in [5.74, 6) is -1.11. The molecule has 0 saturated heterocycles. The molecule has 0 aliphatic rings. The van der Waals surface area contributed by atoms with E-state index in [9.17, 15) is 14.4 Å². The Labute approximate surface area is 156 Å². The van der Waals surface area contributed by atoms with Gasteiger partial charge in [-0.05, 0) is 39.5 Å². The maximum absolute atomic E-state index is 12.5. The molecular weight excluding hydrogens is 334 g/mol. The number of esters is 1. The minimum atomic E-state index is -0.705. The molecule has 1 atom stereocenters. The highest BCUT2D eigenvalue weighted by atomic mass is 16.5. The molecule has 0 aliphatic heterocycles. The molecule has 148 valence electrons. The number of carbonyl (C=O) groups is 3. The van der Waals surface area contributed by atoms with Crippen LogP contribution in [0.15, 0.2) is 11.1 Å². The van der Waals surface area contributed by atoms with Crippen molar-refractivity contribution in [3.63, 3.8) is 0 Å². The lowest BCUT2D eigenvalue weighted by Gasteiger charge is -2.23. The second-order valence-corrected chi connectivity index (χ2v) is 6.53. The van der Waals surface area contributed by atoms with Crippen LogP contribution in [0, 0.1) is 11.3 Å². The van der Waals surface area contributed by atoms with Crippen LogP contribution in [0.25, 0.3) is 0 Å². The SMILES string of the molecule is CCOC(=O)CCCNC(=O)C(NC(=O)/C(C(C)=N)=C(\C)CC)C(C)C. The van der Waals surface area contributed by atoms with Crippen LogP contribution in [0.5, 0.6) is 0 Å². The van der Waals surface area contributed by atoms with Crippen LogP contribution in [0.2, 0.25) is 0 Å². The molecular formula is C19H33N3O4. The van der Waals surface area contributed by atoms with Gasteiger partial charge >= 0.3 is 5.97 Å². The van der Waals surface area contributed by atoms with Gasteiger partial charge in [0.25, 0.3) is 5.91 Å². The summed E-state index contributed by atoms with van der Waals surface area (Å²) >= 11 is 0. The van der Waals surface area contributed by atoms with Gasteiger partial charge in [0.2, 0.25) is 5.91 Å². The Morgan fingerprint density at radius 3 is 2.19 bits per heavy atom. The van der Waals surface area contributed by atoms with Gasteiger partial charge in [0.05, 0.1) is 12.2 Å². The van der Waals surface area contributed by atoms with Crippen LogP contribution in [-0.2, 0) is 19.1 Å². The van der Waals surface area contributed by atoms with E-state index in [4.69, 9.17) is 10.1 Å². The number of ether oxygens (including phenoxy) is 1. The minimum Gasteiger partial charge on any atom is -0.466 e. The van der Waals surface area contributed by atoms with Gasteiger partial charge in [-0.15, -0.1) is 0 Å². The number of amides is 2. The molecule has 0 rings (SSSR count). The number of carbonyl (C=O) groups excluding carboxylic acids is 3. The maximum Gasteiger partial charge on any atom is 0.305 e. The third kappa shape index (κ3) is 8.27. The Morgan fingerprint density at radius 1 is 1.12 bits per heavy atom. The summed E-state index contributed by atoms with van der Waals surface area (Å²) in [7, 11) is 0. The molecule has 0 aromatic carbocycles. The Kier molecular flexibility index (Phi) is 11.2. The summed E-state index contributed by atoms with van der Waals surface area (Å²) in [6.07, 6.45) is 1.37. The molecule has 0 heterocycles. The molecule has 2 amide bonds. The molecule has 0 saturated carbocycles. The lowest BCUT2D eigenvalue weighted by Crippen LogP contribution is -2.50. The molecule has 0 radical (unpaired) electrons. The highest BCUT2D eigenvalue weighted by Gasteiger charge is 2.26. The van der Waals surface area contributed by atoms with Crippen molar-refractivity contribution in [1.82, 2.24) is 10.6 Å². The first kappa shape index (κ1) is 23.8. The predicted octanol–water partition coefficient (Wildman–Crippen LogP) is 2.35. The highest BCUT2D eigenvalue weighted by Crippen LogP contribution is 2.11. The Hall–Kier alpha value is -2.18. The number of hydrogen-bond donors (Lipinski definition) is 3. The van der Waals surface area contributed by atoms with E-state index in [1.54, 1.807) is 13.8 Å². The smallest absolute Gasteiger partial charge is 0.305 e. The zero-order chi connectivity index (χ0) is 20.3. The lowest BCUT2D eigenvalue weighted by atomic mass is 9.99. The fourth-order valence-electron chi connectivity index (χ4n) is 2.40. The van der Waals surface area contributed by atoms with Crippen molar-refractivity contribution in [2.45, 2.75) is 66.8 Å². The summed E-state index contributed by atoms with van der Waals surface area (Å²) in [6, 6.07) is -0.705. The van der Waals surface area contributed by atoms with Crippen LogP contribution >= 0.6 is 0 Å². The zero-order valence-corrected chi connectivity index (χ0v) is 16.8. The van der Waals surface area contributed by atoms with Gasteiger partial charge in [-0.2, -0.15) is 0 Å². The van der Waals surface area contributed by atoms with Crippen LogP contribution in [0.3, 0.4) is 0 Å². The molecule has 1 unspecified atom stereocenters. The molecule has 0 aromatic rings. The first-order valence-electron chi connectivity index (χ1n) is 9.15. The van der Waals surface area contributed by atoms with Gasteiger partial charge < -0.3 is 20.8 Å². The Bertz CT molecular complexity index is 553. The third-order valence-corrected chi connectivity index (χ3v) is 3.96. The van der Waals surface area contributed by atoms with E-state index in [1.165, 1.54) is 0 Å². The molecule has 7 heteroatoms. The van der Waals surface area contributed by atoms with Gasteiger partial charge in [0.15, 0.2) is 0 Å². The maximum atomic E-state index is 12.5. The number of hydrogen-bond acceptors (Lipinski definition) is 5. The van der Waals surface area contributed by atoms with Gasteiger partial charge in [-0.1, -0.05) is 26.3 Å². The summed E-state index contributed by atoms with van der Waals surface area (Å²) in [5.41, 5.74) is 1.32. The molecule has 0 aliphatic carbocycles. The van der Waals surface area contributed by atoms with Crippen LogP contribution in [-0.4, -0.2) is 42.7 Å². The van der Waals surface area contributed by atoms with Crippen molar-refractivity contribution < 1.29 is 19.1 Å². The number of allylic oxidation sites excluding steroid dienone is 1. The summed E-state index contributed by atoms with van der Waals surface area (Å²) in [5, 5.41) is 13.3. The van der Waals surface area contributed by atoms with Gasteiger partial charge in [-0.25, -0.2) is 0 Å². The van der Waals surface area contributed by atoms with E-state index >= 15 is 0 Å². The number of nitrogens with one attached hydrogen (secondary N) is 3. The van der Waals surface area contributed by atoms with Crippen molar-refractivity contribution in [3.05, 3.63) is 11.1 Å². The normalized spacial score (nSPS) is 12.9. The second-order valence-electron chi connectivity index (χ2n) is 6.53. The monoisotopic (exact) mass is 367 g/mol. The molecule has 0 spiro atoms. The first-order valence-corrected chi connectivity index (χ1v) is 9.15. The van der Waals surface area contributed by atoms with E-state index in [2.05, 4.69) is 10.6 Å². The Balaban J connectivity index is 4.82. The first-order chi connectivity index (χ1) is 12.1. The average Bonchev–Trinajstić information content (AvgIpc) is 2.55. The summed E-state index contributed by atoms with van der Waals surface area (Å²) < 4.78 is 4.84. The van der Waals surface area contributed by atoms with Crippen molar-refractivity contribution in [2.24, 2.45) is 5.92 Å². The molecule has 26 heavy (non-hydrogen) atoms. The largest absolute Gasteiger partial charge is 0.466 e. The van der Waals surface area contributed by atoms with E-state index < -0.39 is 11.9 Å². The van der Waals surface area contributed by atoms with Crippen molar-refractivity contribution in [2.75, 3.05) is 13.2 Å². The van der Waals surface area contributed by atoms with Gasteiger partial charge in [0.1, 0.15) is 6.04 Å². The Morgan fingerprint density at radius 2 is 1.73 bits per heavy atom. The van der Waals surface area contributed by atoms with Gasteiger partial charge in [-0.3, -0.25) is 14.4 Å². The summed E-state index contributed by atoms with van der Waals surface area (Å²) in [4.78, 5) is 36.2. The third-order valence-electron chi connectivity index (χ3n) is 3.96. The average molecular weight is 367 g/mol.